The summed E-state index contributed by atoms with van der Waals surface area (Å²) in [5.74, 6) is -7.30. The topological polar surface area (TPSA) is 275 Å². The number of nitrogens with one attached hydrogen (secondary N) is 1. The second-order valence-electron chi connectivity index (χ2n) is 23.8. The van der Waals surface area contributed by atoms with Gasteiger partial charge < -0.3 is 77.9 Å². The van der Waals surface area contributed by atoms with Crippen LogP contribution in [-0.4, -0.2) is 175 Å². The molecule has 0 unspecified atom stereocenters. The molecule has 5 rings (SSSR count). The van der Waals surface area contributed by atoms with Gasteiger partial charge in [-0.1, -0.05) is 90.9 Å². The first-order chi connectivity index (χ1) is 37.1. The first kappa shape index (κ1) is 66.1. The molecule has 1 aromatic rings. The maximum Gasteiger partial charge on any atom is 0.408 e. The Labute approximate surface area is 467 Å². The van der Waals surface area contributed by atoms with Crippen LogP contribution < -0.4 is 5.32 Å². The molecule has 4 aliphatic rings. The molecule has 21 nitrogen and oxygen atoms in total. The Morgan fingerprint density at radius 3 is 2.04 bits per heavy atom. The van der Waals surface area contributed by atoms with Gasteiger partial charge >= 0.3 is 12.1 Å². The van der Waals surface area contributed by atoms with E-state index in [1.165, 1.54) is 35.2 Å². The van der Waals surface area contributed by atoms with Crippen LogP contribution in [0.2, 0.25) is 0 Å². The Kier molecular flexibility index (Phi) is 24.3. The average molecular weight is 1120 g/mol. The highest BCUT2D eigenvalue weighted by Crippen LogP contribution is 2.42. The molecular weight excluding hydrogens is 1030 g/mol. The van der Waals surface area contributed by atoms with Gasteiger partial charge in [-0.3, -0.25) is 14.4 Å². The van der Waals surface area contributed by atoms with Crippen molar-refractivity contribution in [3.05, 3.63) is 35.9 Å². The van der Waals surface area contributed by atoms with Gasteiger partial charge in [-0.05, 0) is 76.2 Å². The Hall–Kier alpha value is -3.71. The van der Waals surface area contributed by atoms with Gasteiger partial charge in [0, 0.05) is 58.3 Å². The smallest absolute Gasteiger partial charge is 0.408 e. The van der Waals surface area contributed by atoms with Crippen molar-refractivity contribution in [3.8, 4) is 0 Å². The third-order valence-corrected chi connectivity index (χ3v) is 16.7. The normalized spacial score (nSPS) is 41.1. The summed E-state index contributed by atoms with van der Waals surface area (Å²) in [4.78, 5) is 64.7. The van der Waals surface area contributed by atoms with Crippen molar-refractivity contribution in [1.29, 1.82) is 0 Å². The summed E-state index contributed by atoms with van der Waals surface area (Å²) in [5, 5.41) is 52.0. The molecule has 450 valence electrons. The van der Waals surface area contributed by atoms with Crippen molar-refractivity contribution in [2.45, 2.75) is 226 Å². The van der Waals surface area contributed by atoms with E-state index in [-0.39, 0.29) is 62.7 Å². The molecule has 0 radical (unpaired) electrons. The number of oxime groups is 1. The molecule has 1 amide bonds. The highest BCUT2D eigenvalue weighted by Gasteiger charge is 2.53. The standard InChI is InChI=1S/C58H94N2O19/c1-29(2)22-43(62)76-48-33(6)40(31(4)28-72-55-51(70-15)50(69-14)45(63)37(10)75-55)24-42(61)34(7)49(77-44-26-57(12,68)53(66)38(11)74-44)35(8)47(78-54-46(64)41(60-71-16)23-32(5)73-54)30(3)25-58(13,52(65)36(48)9)79-56(67)59-27-39-20-18-17-19-21-39/h17-21,29-38,40,44-51,53-55,63-64,66,68H,22-28H2,1-16H3,(H,59,67)/t30-,31-,32+,33-,34-,35+,36+,37+,38-,40+,44-,45+,46+,47-,48+,49+,50+,51+,53-,54-,55+,57+,58-/m0/s1. The summed E-state index contributed by atoms with van der Waals surface area (Å²) in [6.07, 6.45) is -15.5. The summed E-state index contributed by atoms with van der Waals surface area (Å²) < 4.78 is 63.1. The van der Waals surface area contributed by atoms with E-state index in [2.05, 4.69) is 10.5 Å². The number of hydrogen-bond acceptors (Lipinski definition) is 20. The third-order valence-electron chi connectivity index (χ3n) is 16.7. The van der Waals surface area contributed by atoms with E-state index in [1.54, 1.807) is 48.5 Å². The highest BCUT2D eigenvalue weighted by atomic mass is 16.7. The summed E-state index contributed by atoms with van der Waals surface area (Å²) in [6.45, 7) is 22.5. The molecule has 3 saturated heterocycles. The van der Waals surface area contributed by atoms with Crippen molar-refractivity contribution in [2.75, 3.05) is 27.9 Å². The molecule has 0 bridgehead atoms. The quantitative estimate of drug-likeness (QED) is 0.0929. The number of aliphatic hydroxyl groups excluding tert-OH is 3. The average Bonchev–Trinajstić information content (AvgIpc) is 3.42. The number of Topliss-reactive ketones (excluding diaryl/α,β-unsaturated/α-hetero) is 2. The Balaban J connectivity index is 1.70. The van der Waals surface area contributed by atoms with Crippen LogP contribution in [0.15, 0.2) is 35.5 Å². The zero-order valence-corrected chi connectivity index (χ0v) is 49.4. The molecule has 23 atom stereocenters. The number of nitrogens with zero attached hydrogens (tertiary/aromatic N) is 1. The molecule has 1 aromatic carbocycles. The predicted octanol–water partition coefficient (Wildman–Crippen LogP) is 5.66. The van der Waals surface area contributed by atoms with Gasteiger partial charge in [0.25, 0.3) is 0 Å². The minimum Gasteiger partial charge on any atom is -0.461 e. The van der Waals surface area contributed by atoms with Crippen molar-refractivity contribution in [2.24, 2.45) is 52.5 Å². The van der Waals surface area contributed by atoms with E-state index in [1.807, 2.05) is 58.0 Å². The fraction of sp³-hybridized carbons (Fsp3) is 0.810. The first-order valence-corrected chi connectivity index (χ1v) is 28.2. The van der Waals surface area contributed by atoms with Crippen LogP contribution in [0, 0.1) is 47.3 Å². The van der Waals surface area contributed by atoms with Gasteiger partial charge in [-0.25, -0.2) is 4.79 Å². The molecule has 1 saturated carbocycles. The fourth-order valence-electron chi connectivity index (χ4n) is 12.2. The number of alkyl carbamates (subject to hydrolysis) is 1. The molecule has 1 aliphatic carbocycles. The lowest BCUT2D eigenvalue weighted by molar-refractivity contribution is -0.304. The number of methoxy groups -OCH3 is 2. The fourth-order valence-corrected chi connectivity index (χ4v) is 12.2. The maximum absolute atomic E-state index is 15.8. The zero-order chi connectivity index (χ0) is 58.8. The summed E-state index contributed by atoms with van der Waals surface area (Å²) in [7, 11) is 4.27. The maximum atomic E-state index is 15.8. The highest BCUT2D eigenvalue weighted by molar-refractivity contribution is 5.92. The van der Waals surface area contributed by atoms with Crippen LogP contribution in [0.25, 0.3) is 0 Å². The summed E-state index contributed by atoms with van der Waals surface area (Å²) in [5.41, 5.74) is -2.59. The molecule has 5 N–H and O–H groups in total. The predicted molar refractivity (Wildman–Crippen MR) is 288 cm³/mol. The SMILES string of the molecule is CON=C1C[C@@H](C)O[C@@H](O[C@@H]2[C@@H](C)[C@H](O[C@H]3C[C@@](C)(O)[C@@H](O)[C@H](C)O3)[C@@H](C)C(=O)C[C@H]([C@@H](C)CO[C@@H]3O[C@H](C)[C@@H](O)[C@@H](OC)[C@H]3OC)[C@H](C)[C@@H](OC(=O)CC(C)C)[C@@H](C)C(=O)[C@@](C)(OC(=O)NCc3ccccc3)C[C@@H]2C)[C@@H]1O. The Morgan fingerprint density at radius 2 is 1.43 bits per heavy atom. The van der Waals surface area contributed by atoms with Crippen LogP contribution in [0.4, 0.5) is 4.79 Å². The largest absolute Gasteiger partial charge is 0.461 e. The van der Waals surface area contributed by atoms with Crippen LogP contribution in [0.3, 0.4) is 0 Å². The second kappa shape index (κ2) is 29.0. The van der Waals surface area contributed by atoms with Gasteiger partial charge in [0.15, 0.2) is 30.3 Å². The van der Waals surface area contributed by atoms with Crippen molar-refractivity contribution in [1.82, 2.24) is 5.32 Å². The number of benzene rings is 1. The third kappa shape index (κ3) is 16.7. The molecule has 0 aromatic heterocycles. The minimum absolute atomic E-state index is 0.0183. The summed E-state index contributed by atoms with van der Waals surface area (Å²) >= 11 is 0. The van der Waals surface area contributed by atoms with E-state index in [0.29, 0.717) is 0 Å². The number of esters is 1. The Morgan fingerprint density at radius 1 is 0.772 bits per heavy atom. The van der Waals surface area contributed by atoms with E-state index < -0.39 is 156 Å². The van der Waals surface area contributed by atoms with E-state index in [0.717, 1.165) is 5.56 Å². The van der Waals surface area contributed by atoms with Gasteiger partial charge in [0.2, 0.25) is 0 Å². The number of ketones is 2. The van der Waals surface area contributed by atoms with Gasteiger partial charge in [-0.15, -0.1) is 0 Å². The van der Waals surface area contributed by atoms with Crippen LogP contribution in [-0.2, 0) is 73.1 Å². The molecule has 79 heavy (non-hydrogen) atoms. The monoisotopic (exact) mass is 1120 g/mol. The zero-order valence-electron chi connectivity index (χ0n) is 49.4. The van der Waals surface area contributed by atoms with E-state index in [4.69, 9.17) is 52.2 Å². The molecule has 3 heterocycles. The molecule has 0 spiro atoms. The van der Waals surface area contributed by atoms with Crippen molar-refractivity contribution in [3.63, 3.8) is 0 Å². The number of rotatable bonds is 17. The second-order valence-corrected chi connectivity index (χ2v) is 23.8. The lowest BCUT2D eigenvalue weighted by Gasteiger charge is -2.47. The molecule has 4 fully saturated rings. The van der Waals surface area contributed by atoms with Crippen LogP contribution >= 0.6 is 0 Å². The molecule has 3 aliphatic heterocycles. The molecule has 21 heteroatoms. The van der Waals surface area contributed by atoms with Crippen LogP contribution in [0.5, 0.6) is 0 Å². The first-order valence-electron chi connectivity index (χ1n) is 28.2. The Bertz CT molecular complexity index is 2150. The van der Waals surface area contributed by atoms with E-state index >= 15 is 9.59 Å². The molecular formula is C58H94N2O19. The number of hydrogen-bond donors (Lipinski definition) is 5. The van der Waals surface area contributed by atoms with Gasteiger partial charge in [0.1, 0.15) is 49.5 Å². The van der Waals surface area contributed by atoms with Gasteiger partial charge in [0.05, 0.1) is 54.4 Å². The number of amides is 1. The minimum atomic E-state index is -1.97. The number of carbonyl (C=O) groups excluding carboxylic acids is 4. The lowest BCUT2D eigenvalue weighted by atomic mass is 9.69. The van der Waals surface area contributed by atoms with Crippen molar-refractivity contribution < 1.29 is 91.8 Å². The van der Waals surface area contributed by atoms with E-state index in [9.17, 15) is 30.0 Å². The number of ether oxygens (including phenoxy) is 10. The number of carbonyl (C=O) groups is 4. The van der Waals surface area contributed by atoms with Crippen LogP contribution in [0.1, 0.15) is 128 Å². The summed E-state index contributed by atoms with van der Waals surface area (Å²) in [6, 6.07) is 9.17. The van der Waals surface area contributed by atoms with Gasteiger partial charge in [-0.2, -0.15) is 0 Å². The van der Waals surface area contributed by atoms with Crippen molar-refractivity contribution >= 4 is 29.3 Å². The number of aliphatic hydroxyl groups is 4. The lowest BCUT2D eigenvalue weighted by Crippen LogP contribution is -2.59.